The monoisotopic (exact) mass is 1110 g/mol. The van der Waals surface area contributed by atoms with Gasteiger partial charge in [-0.15, -0.1) is 12.1 Å². The number of pyridine rings is 2. The van der Waals surface area contributed by atoms with E-state index in [0.717, 1.165) is 45.5 Å². The minimum Gasteiger partial charge on any atom is 0 e. The first-order valence-electron chi connectivity index (χ1n) is 22.1. The summed E-state index contributed by atoms with van der Waals surface area (Å²) in [4.78, 5) is 14.6. The maximum atomic E-state index is 15.6. The SMILES string of the molecule is CC(C)(c1ccccc1)c1ccc2c(n1)oc1c(-c3nc4ccccc4n3-c3ccc(F)c(-c4ccccc4)c3)[c-]cc(F)c12.CC(C)Cc1cc(-c2[c-]cccc2)nc[c]1[Ge]([CH3])([CH3])[CH3].[Ir]. The predicted molar refractivity (Wildman–Crippen MR) is 264 cm³/mol. The normalized spacial score (nSPS) is 11.8. The molecule has 0 fully saturated rings. The number of para-hydroxylation sites is 2. The van der Waals surface area contributed by atoms with Gasteiger partial charge in [0.05, 0.1) is 28.1 Å². The zero-order chi connectivity index (χ0) is 45.5. The molecule has 333 valence electrons. The topological polar surface area (TPSA) is 56.7 Å². The molecule has 0 saturated carbocycles. The second kappa shape index (κ2) is 19.0. The van der Waals surface area contributed by atoms with E-state index in [-0.39, 0.29) is 25.9 Å². The Kier molecular flexibility index (Phi) is 13.4. The largest absolute Gasteiger partial charge is 0 e. The van der Waals surface area contributed by atoms with E-state index in [1.165, 1.54) is 17.7 Å². The zero-order valence-electron chi connectivity index (χ0n) is 38.1. The molecule has 0 saturated heterocycles. The van der Waals surface area contributed by atoms with Gasteiger partial charge in [-0.2, -0.15) is 0 Å². The fourth-order valence-electron chi connectivity index (χ4n) is 8.61. The van der Waals surface area contributed by atoms with Gasteiger partial charge in [0.2, 0.25) is 5.71 Å². The number of furan rings is 1. The second-order valence-corrected chi connectivity index (χ2v) is 29.1. The third-order valence-electron chi connectivity index (χ3n) is 12.0. The number of hydrogen-bond donors (Lipinski definition) is 0. The van der Waals surface area contributed by atoms with Gasteiger partial charge in [-0.1, -0.05) is 92.2 Å². The Hall–Kier alpha value is -6.06. The second-order valence-electron chi connectivity index (χ2n) is 18.5. The van der Waals surface area contributed by atoms with Crippen LogP contribution in [-0.4, -0.2) is 32.8 Å². The summed E-state index contributed by atoms with van der Waals surface area (Å²) in [5.41, 5.74) is 9.72. The number of hydrogen-bond acceptors (Lipinski definition) is 4. The molecule has 0 spiro atoms. The standard InChI is InChI=1S/C39H26F2N3O.C18H24GeN.Ir/c1-39(2,25-13-7-4-8-14-25)34-22-19-27-35-31(41)21-18-28(36(35)45-38(27)43-34)37-42-32-15-9-10-16-33(32)44(37)26-17-20-30(40)29(23-26)24-11-5-3-6-12-24;1-14(2)11-16-12-18(15-9-7-6-8-10-15)20-13-17(16)19(3,4)5;/h3-17,19-23H,1-2H3;6-9,12-14H,11H2,1-5H3;/q2*-1;. The van der Waals surface area contributed by atoms with Crippen LogP contribution in [0.1, 0.15) is 44.5 Å². The number of fused-ring (bicyclic) bond motifs is 4. The molecule has 10 aromatic rings. The van der Waals surface area contributed by atoms with Crippen molar-refractivity contribution in [1.29, 1.82) is 0 Å². The molecule has 0 aliphatic carbocycles. The number of benzene rings is 6. The number of imidazole rings is 1. The summed E-state index contributed by atoms with van der Waals surface area (Å²) < 4.78 is 40.6. The quantitative estimate of drug-likeness (QED) is 0.107. The van der Waals surface area contributed by atoms with Crippen molar-refractivity contribution >= 4 is 50.8 Å². The molecule has 4 aromatic heterocycles. The summed E-state index contributed by atoms with van der Waals surface area (Å²) in [6.07, 6.45) is 3.27. The Bertz CT molecular complexity index is 3310. The van der Waals surface area contributed by atoms with Gasteiger partial charge in [-0.25, -0.2) is 9.37 Å². The van der Waals surface area contributed by atoms with Crippen LogP contribution in [0.25, 0.3) is 72.6 Å². The molecule has 6 aromatic carbocycles. The Balaban J connectivity index is 0.000000238. The molecule has 0 N–H and O–H groups in total. The first-order chi connectivity index (χ1) is 31.3. The Morgan fingerprint density at radius 3 is 2.18 bits per heavy atom. The van der Waals surface area contributed by atoms with Gasteiger partial charge in [0.15, 0.2) is 0 Å². The molecular weight excluding hydrogens is 1060 g/mol. The van der Waals surface area contributed by atoms with Gasteiger partial charge in [0, 0.05) is 48.0 Å². The first-order valence-corrected chi connectivity index (χ1v) is 29.4. The molecule has 4 heterocycles. The minimum absolute atomic E-state index is 0. The molecule has 10 rings (SSSR count). The van der Waals surface area contributed by atoms with E-state index in [1.54, 1.807) is 16.5 Å². The molecule has 5 nitrogen and oxygen atoms in total. The van der Waals surface area contributed by atoms with Crippen LogP contribution in [0.4, 0.5) is 8.78 Å². The van der Waals surface area contributed by atoms with Crippen LogP contribution in [0.3, 0.4) is 0 Å². The third kappa shape index (κ3) is 9.19. The number of nitrogens with zero attached hydrogens (tertiary/aromatic N) is 4. The van der Waals surface area contributed by atoms with Crippen molar-refractivity contribution in [2.24, 2.45) is 5.92 Å². The number of aromatic nitrogens is 4. The van der Waals surface area contributed by atoms with Crippen LogP contribution in [0.5, 0.6) is 0 Å². The molecule has 66 heavy (non-hydrogen) atoms. The van der Waals surface area contributed by atoms with Crippen LogP contribution in [0, 0.1) is 29.7 Å². The third-order valence-corrected chi connectivity index (χ3v) is 16.3. The summed E-state index contributed by atoms with van der Waals surface area (Å²) in [5, 5.41) is 0.888. The van der Waals surface area contributed by atoms with E-state index < -0.39 is 24.5 Å². The average molecular weight is 1110 g/mol. The molecule has 0 unspecified atom stereocenters. The number of rotatable bonds is 9. The van der Waals surface area contributed by atoms with Crippen LogP contribution < -0.4 is 4.40 Å². The molecule has 0 bridgehead atoms. The van der Waals surface area contributed by atoms with Crippen molar-refractivity contribution in [2.45, 2.75) is 56.8 Å². The minimum atomic E-state index is -1.86. The van der Waals surface area contributed by atoms with E-state index in [2.05, 4.69) is 87.6 Å². The average Bonchev–Trinajstić information content (AvgIpc) is 3.89. The van der Waals surface area contributed by atoms with E-state index in [9.17, 15) is 0 Å². The Labute approximate surface area is 401 Å². The smallest absolute Gasteiger partial charge is 0 e. The molecule has 1 radical (unpaired) electrons. The van der Waals surface area contributed by atoms with Gasteiger partial charge in [-0.3, -0.25) is 9.37 Å². The van der Waals surface area contributed by atoms with Crippen molar-refractivity contribution in [3.05, 3.63) is 198 Å². The summed E-state index contributed by atoms with van der Waals surface area (Å²) in [6.45, 7) is 8.78. The maximum Gasteiger partial charge on any atom is 0 e. The van der Waals surface area contributed by atoms with E-state index in [0.29, 0.717) is 50.6 Å². The Morgan fingerprint density at radius 2 is 1.47 bits per heavy atom. The van der Waals surface area contributed by atoms with Gasteiger partial charge >= 0.3 is 126 Å². The van der Waals surface area contributed by atoms with Gasteiger partial charge in [0.1, 0.15) is 5.82 Å². The van der Waals surface area contributed by atoms with E-state index in [4.69, 9.17) is 19.4 Å². The molecule has 0 atom stereocenters. The van der Waals surface area contributed by atoms with Crippen molar-refractivity contribution in [3.8, 4) is 39.5 Å². The van der Waals surface area contributed by atoms with Crippen molar-refractivity contribution in [3.63, 3.8) is 0 Å². The molecule has 0 aliphatic heterocycles. The van der Waals surface area contributed by atoms with Gasteiger partial charge in [-0.05, 0) is 59.0 Å². The molecule has 0 amide bonds. The van der Waals surface area contributed by atoms with Crippen molar-refractivity contribution in [2.75, 3.05) is 0 Å². The summed E-state index contributed by atoms with van der Waals surface area (Å²) in [5.74, 6) is 7.70. The first kappa shape index (κ1) is 46.5. The van der Waals surface area contributed by atoms with E-state index in [1.807, 2.05) is 108 Å². The maximum absolute atomic E-state index is 15.6. The predicted octanol–water partition coefficient (Wildman–Crippen LogP) is 14.3. The number of halogens is 2. The fraction of sp³-hybridized carbons (Fsp3) is 0.175. The van der Waals surface area contributed by atoms with Crippen LogP contribution in [-0.2, 0) is 31.9 Å². The molecule has 0 aliphatic rings. The Morgan fingerprint density at radius 1 is 0.758 bits per heavy atom. The summed E-state index contributed by atoms with van der Waals surface area (Å²) >= 11 is -1.86. The zero-order valence-corrected chi connectivity index (χ0v) is 42.6. The van der Waals surface area contributed by atoms with Crippen LogP contribution >= 0.6 is 0 Å². The van der Waals surface area contributed by atoms with Crippen molar-refractivity contribution in [1.82, 2.24) is 19.5 Å². The summed E-state index contributed by atoms with van der Waals surface area (Å²) in [7, 11) is 0. The van der Waals surface area contributed by atoms with Crippen molar-refractivity contribution < 1.29 is 33.3 Å². The molecular formula is C57H50F2GeIrN4O-2. The van der Waals surface area contributed by atoms with Crippen LogP contribution in [0.2, 0.25) is 17.3 Å². The molecule has 9 heteroatoms. The van der Waals surface area contributed by atoms with Gasteiger partial charge in [0.25, 0.3) is 0 Å². The fourth-order valence-corrected chi connectivity index (χ4v) is 11.9. The summed E-state index contributed by atoms with van der Waals surface area (Å²) in [6, 6.07) is 54.1. The van der Waals surface area contributed by atoms with Gasteiger partial charge < -0.3 is 8.98 Å². The van der Waals surface area contributed by atoms with Crippen LogP contribution in [0.15, 0.2) is 162 Å². The van der Waals surface area contributed by atoms with E-state index >= 15 is 8.78 Å².